The zero-order valence-corrected chi connectivity index (χ0v) is 23.1. The summed E-state index contributed by atoms with van der Waals surface area (Å²) in [5, 5.41) is 0. The summed E-state index contributed by atoms with van der Waals surface area (Å²) in [6, 6.07) is 26.1. The Hall–Kier alpha value is -0.920. The Balaban J connectivity index is 1.94. The molecule has 0 heterocycles. The van der Waals surface area contributed by atoms with E-state index in [-0.39, 0.29) is 3.63 Å². The summed E-state index contributed by atoms with van der Waals surface area (Å²) < 4.78 is 0.271. The van der Waals surface area contributed by atoms with Crippen molar-refractivity contribution < 1.29 is 17.0 Å². The molecule has 0 aromatic heterocycles. The fourth-order valence-electron chi connectivity index (χ4n) is 4.51. The molecule has 0 bridgehead atoms. The third kappa shape index (κ3) is 3.97. The molecule has 1 aliphatic carbocycles. The molecule has 0 nitrogen and oxygen atoms in total. The van der Waals surface area contributed by atoms with Crippen LogP contribution in [0.5, 0.6) is 0 Å². The van der Waals surface area contributed by atoms with Crippen LogP contribution in [0.3, 0.4) is 0 Å². The van der Waals surface area contributed by atoms with Crippen LogP contribution in [-0.4, -0.2) is 5.92 Å². The summed E-state index contributed by atoms with van der Waals surface area (Å²) in [5.74, 6) is -0.674. The van der Waals surface area contributed by atoms with Crippen LogP contribution < -0.4 is 0 Å². The maximum absolute atomic E-state index is 7.27. The van der Waals surface area contributed by atoms with Crippen LogP contribution in [-0.2, 0) is 17.0 Å². The predicted molar refractivity (Wildman–Crippen MR) is 133 cm³/mol. The summed E-state index contributed by atoms with van der Waals surface area (Å²) in [5.41, 5.74) is 9.19. The van der Waals surface area contributed by atoms with Gasteiger partial charge in [0.1, 0.15) is 0 Å². The zero-order valence-electron chi connectivity index (χ0n) is 18.0. The molecule has 30 heavy (non-hydrogen) atoms. The zero-order chi connectivity index (χ0) is 21.5. The van der Waals surface area contributed by atoms with Crippen molar-refractivity contribution in [3.8, 4) is 22.3 Å². The molecule has 0 spiro atoms. The standard InChI is InChI=1S/C24H21.C2H7Si.2ClH.Zr/c1-17(2)20-15-19-11-8-14-23(24(19)16-20)22-13-7-6-12-21(22)18-9-4-3-5-10-18;1-3-2;;;/h3-17H,1-2H3;3H,1-2H3;2*1H;/q;;;;+2/p-2. The molecular formula is C26H28Cl2SiZr. The van der Waals surface area contributed by atoms with E-state index in [2.05, 4.69) is 106 Å². The fraction of sp³-hybridized carbons (Fsp3) is 0.231. The van der Waals surface area contributed by atoms with Crippen LogP contribution in [0.15, 0.2) is 78.4 Å². The summed E-state index contributed by atoms with van der Waals surface area (Å²) in [6.07, 6.45) is 2.41. The number of hydrogen-bond acceptors (Lipinski definition) is 0. The molecule has 4 heteroatoms. The Kier molecular flexibility index (Phi) is 6.62. The minimum atomic E-state index is -3.28. The van der Waals surface area contributed by atoms with Crippen molar-refractivity contribution in [2.45, 2.75) is 30.6 Å². The molecule has 0 saturated heterocycles. The van der Waals surface area contributed by atoms with Gasteiger partial charge in [-0.2, -0.15) is 0 Å². The first-order valence-corrected chi connectivity index (χ1v) is 25.6. The second-order valence-electron chi connectivity index (χ2n) is 8.78. The van der Waals surface area contributed by atoms with E-state index in [1.807, 2.05) is 0 Å². The fourth-order valence-corrected chi connectivity index (χ4v) is 18.9. The first kappa shape index (κ1) is 22.3. The third-order valence-corrected chi connectivity index (χ3v) is 42.6. The first-order chi connectivity index (χ1) is 14.3. The van der Waals surface area contributed by atoms with E-state index in [4.69, 9.17) is 17.0 Å². The Morgan fingerprint density at radius 2 is 1.37 bits per heavy atom. The number of rotatable bonds is 5. The molecule has 1 aliphatic rings. The second-order valence-corrected chi connectivity index (χ2v) is 42.6. The van der Waals surface area contributed by atoms with Crippen molar-refractivity contribution >= 4 is 29.0 Å². The molecule has 1 unspecified atom stereocenters. The number of benzene rings is 3. The monoisotopic (exact) mass is 528 g/mol. The molecule has 0 fully saturated rings. The van der Waals surface area contributed by atoms with Gasteiger partial charge in [-0.3, -0.25) is 0 Å². The molecule has 154 valence electrons. The van der Waals surface area contributed by atoms with E-state index in [9.17, 15) is 0 Å². The average molecular weight is 531 g/mol. The molecular weight excluding hydrogens is 503 g/mol. The van der Waals surface area contributed by atoms with Crippen LogP contribution >= 0.6 is 17.0 Å². The van der Waals surface area contributed by atoms with Gasteiger partial charge < -0.3 is 0 Å². The van der Waals surface area contributed by atoms with Gasteiger partial charge >= 0.3 is 194 Å². The Morgan fingerprint density at radius 3 is 2.00 bits per heavy atom. The quantitative estimate of drug-likeness (QED) is 0.290. The van der Waals surface area contributed by atoms with Gasteiger partial charge in [0.25, 0.3) is 0 Å². The molecule has 0 radical (unpaired) electrons. The van der Waals surface area contributed by atoms with E-state index < -0.39 is 23.0 Å². The molecule has 0 saturated carbocycles. The van der Waals surface area contributed by atoms with Crippen LogP contribution in [0.2, 0.25) is 13.1 Å². The van der Waals surface area contributed by atoms with E-state index >= 15 is 0 Å². The molecule has 3 aromatic rings. The van der Waals surface area contributed by atoms with Gasteiger partial charge in [-0.05, 0) is 0 Å². The molecule has 0 aliphatic heterocycles. The Labute approximate surface area is 193 Å². The second kappa shape index (κ2) is 8.91. The topological polar surface area (TPSA) is 0 Å². The molecule has 0 N–H and O–H groups in total. The first-order valence-electron chi connectivity index (χ1n) is 10.7. The Bertz CT molecular complexity index is 1090. The molecule has 0 amide bonds. The minimum absolute atomic E-state index is 0.271. The van der Waals surface area contributed by atoms with Gasteiger partial charge in [0.15, 0.2) is 0 Å². The molecule has 1 atom stereocenters. The van der Waals surface area contributed by atoms with E-state index in [1.54, 1.807) is 0 Å². The van der Waals surface area contributed by atoms with Gasteiger partial charge in [-0.1, -0.05) is 0 Å². The van der Waals surface area contributed by atoms with E-state index in [0.717, 1.165) is 0 Å². The van der Waals surface area contributed by atoms with Crippen LogP contribution in [0.1, 0.15) is 28.6 Å². The predicted octanol–water partition coefficient (Wildman–Crippen LogP) is 8.56. The van der Waals surface area contributed by atoms with Crippen LogP contribution in [0.25, 0.3) is 28.3 Å². The van der Waals surface area contributed by atoms with Gasteiger partial charge in [0, 0.05) is 0 Å². The number of hydrogen-bond donors (Lipinski definition) is 0. The van der Waals surface area contributed by atoms with Crippen molar-refractivity contribution in [1.29, 1.82) is 0 Å². The van der Waals surface area contributed by atoms with Gasteiger partial charge in [0.2, 0.25) is 0 Å². The summed E-state index contributed by atoms with van der Waals surface area (Å²) in [4.78, 5) is 0. The molecule has 4 rings (SSSR count). The van der Waals surface area contributed by atoms with Crippen LogP contribution in [0, 0.1) is 5.92 Å². The van der Waals surface area contributed by atoms with Crippen molar-refractivity contribution in [2.75, 3.05) is 0 Å². The average Bonchev–Trinajstić information content (AvgIpc) is 3.15. The van der Waals surface area contributed by atoms with Gasteiger partial charge in [0.05, 0.1) is 0 Å². The van der Waals surface area contributed by atoms with Crippen molar-refractivity contribution in [3.63, 3.8) is 0 Å². The van der Waals surface area contributed by atoms with Gasteiger partial charge in [-0.15, -0.1) is 0 Å². The van der Waals surface area contributed by atoms with Crippen LogP contribution in [0.4, 0.5) is 0 Å². The summed E-state index contributed by atoms with van der Waals surface area (Å²) >= 11 is -3.28. The summed E-state index contributed by atoms with van der Waals surface area (Å²) in [6.45, 7) is 9.22. The number of allylic oxidation sites excluding steroid dienone is 1. The van der Waals surface area contributed by atoms with Crippen molar-refractivity contribution in [3.05, 3.63) is 89.5 Å². The summed E-state index contributed by atoms with van der Waals surface area (Å²) in [7, 11) is 14.5. The van der Waals surface area contributed by atoms with Crippen molar-refractivity contribution in [2.24, 2.45) is 5.92 Å². The van der Waals surface area contributed by atoms with E-state index in [1.165, 1.54) is 39.0 Å². The number of fused-ring (bicyclic) bond motifs is 1. The third-order valence-electron chi connectivity index (χ3n) is 6.22. The van der Waals surface area contributed by atoms with Gasteiger partial charge in [-0.25, -0.2) is 0 Å². The molecule has 3 aromatic carbocycles. The normalized spacial score (nSPS) is 16.1. The maximum atomic E-state index is 7.27. The Morgan fingerprint density at radius 1 is 0.767 bits per heavy atom. The van der Waals surface area contributed by atoms with E-state index in [0.29, 0.717) is 5.92 Å². The SMILES string of the molecule is CC(C)C1=Cc2c(-c3ccccc3-c3ccccc3)cccc2[CH]1[Zr]([Cl])([Cl])[SiH](C)C. The van der Waals surface area contributed by atoms with Crippen molar-refractivity contribution in [1.82, 2.24) is 0 Å². The number of halogens is 2.